The lowest BCUT2D eigenvalue weighted by molar-refractivity contribution is 0.0568. The molecular formula is C7H9N3O3. The van der Waals surface area contributed by atoms with Gasteiger partial charge in [-0.05, 0) is 0 Å². The van der Waals surface area contributed by atoms with Gasteiger partial charge in [0.15, 0.2) is 5.69 Å². The second kappa shape index (κ2) is 3.14. The molecule has 0 saturated heterocycles. The zero-order valence-corrected chi connectivity index (χ0v) is 7.19. The van der Waals surface area contributed by atoms with E-state index in [1.54, 1.807) is 4.68 Å². The first kappa shape index (κ1) is 8.18. The van der Waals surface area contributed by atoms with Crippen LogP contribution in [-0.2, 0) is 22.6 Å². The zero-order chi connectivity index (χ0) is 9.26. The SMILES string of the molecule is COC(=O)c1nnn2c1COCC2. The van der Waals surface area contributed by atoms with Gasteiger partial charge in [-0.25, -0.2) is 9.48 Å². The lowest BCUT2D eigenvalue weighted by Gasteiger charge is -2.13. The Morgan fingerprint density at radius 2 is 2.54 bits per heavy atom. The van der Waals surface area contributed by atoms with Crippen molar-refractivity contribution >= 4 is 5.97 Å². The highest BCUT2D eigenvalue weighted by Gasteiger charge is 2.22. The normalized spacial score (nSPS) is 15.2. The van der Waals surface area contributed by atoms with Crippen LogP contribution in [0.4, 0.5) is 0 Å². The van der Waals surface area contributed by atoms with Crippen molar-refractivity contribution in [3.63, 3.8) is 0 Å². The van der Waals surface area contributed by atoms with Gasteiger partial charge in [0.25, 0.3) is 0 Å². The summed E-state index contributed by atoms with van der Waals surface area (Å²) in [5.74, 6) is -0.466. The molecule has 0 saturated carbocycles. The first-order chi connectivity index (χ1) is 6.33. The van der Waals surface area contributed by atoms with Gasteiger partial charge >= 0.3 is 5.97 Å². The van der Waals surface area contributed by atoms with Gasteiger partial charge in [0.1, 0.15) is 0 Å². The maximum absolute atomic E-state index is 11.2. The first-order valence-electron chi connectivity index (χ1n) is 3.91. The minimum atomic E-state index is -0.466. The number of rotatable bonds is 1. The van der Waals surface area contributed by atoms with Crippen LogP contribution in [0, 0.1) is 0 Å². The molecular weight excluding hydrogens is 174 g/mol. The smallest absolute Gasteiger partial charge is 0.360 e. The van der Waals surface area contributed by atoms with Gasteiger partial charge in [0.05, 0.1) is 32.6 Å². The van der Waals surface area contributed by atoms with Crippen molar-refractivity contribution in [3.8, 4) is 0 Å². The van der Waals surface area contributed by atoms with Crippen molar-refractivity contribution in [2.24, 2.45) is 0 Å². The summed E-state index contributed by atoms with van der Waals surface area (Å²) in [5.41, 5.74) is 0.945. The van der Waals surface area contributed by atoms with Crippen molar-refractivity contribution in [1.82, 2.24) is 15.0 Å². The van der Waals surface area contributed by atoms with E-state index in [2.05, 4.69) is 15.0 Å². The second-order valence-electron chi connectivity index (χ2n) is 2.65. The summed E-state index contributed by atoms with van der Waals surface area (Å²) in [7, 11) is 1.32. The van der Waals surface area contributed by atoms with Crippen LogP contribution in [0.15, 0.2) is 0 Å². The van der Waals surface area contributed by atoms with Crippen LogP contribution < -0.4 is 0 Å². The van der Waals surface area contributed by atoms with E-state index in [0.717, 1.165) is 0 Å². The Kier molecular flexibility index (Phi) is 1.97. The fourth-order valence-electron chi connectivity index (χ4n) is 1.23. The molecule has 1 aromatic rings. The first-order valence-corrected chi connectivity index (χ1v) is 3.91. The van der Waals surface area contributed by atoms with Crippen LogP contribution >= 0.6 is 0 Å². The molecule has 0 spiro atoms. The summed E-state index contributed by atoms with van der Waals surface area (Å²) in [4.78, 5) is 11.2. The summed E-state index contributed by atoms with van der Waals surface area (Å²) in [5, 5.41) is 7.54. The van der Waals surface area contributed by atoms with E-state index in [1.807, 2.05) is 0 Å². The lowest BCUT2D eigenvalue weighted by atomic mass is 10.3. The monoisotopic (exact) mass is 183 g/mol. The van der Waals surface area contributed by atoms with E-state index in [1.165, 1.54) is 7.11 Å². The molecule has 0 radical (unpaired) electrons. The molecule has 1 aliphatic rings. The average molecular weight is 183 g/mol. The maximum Gasteiger partial charge on any atom is 0.360 e. The highest BCUT2D eigenvalue weighted by Crippen LogP contribution is 2.12. The molecule has 6 heteroatoms. The van der Waals surface area contributed by atoms with Gasteiger partial charge < -0.3 is 9.47 Å². The Morgan fingerprint density at radius 1 is 1.69 bits per heavy atom. The molecule has 0 unspecified atom stereocenters. The zero-order valence-electron chi connectivity index (χ0n) is 7.19. The highest BCUT2D eigenvalue weighted by molar-refractivity contribution is 5.88. The minimum absolute atomic E-state index is 0.252. The molecule has 6 nitrogen and oxygen atoms in total. The number of aromatic nitrogens is 3. The maximum atomic E-state index is 11.2. The summed E-state index contributed by atoms with van der Waals surface area (Å²) in [6.45, 7) is 1.62. The Hall–Kier alpha value is -1.43. The molecule has 1 aromatic heterocycles. The summed E-state index contributed by atoms with van der Waals surface area (Å²) < 4.78 is 11.4. The number of nitrogens with zero attached hydrogens (tertiary/aromatic N) is 3. The third kappa shape index (κ3) is 1.29. The van der Waals surface area contributed by atoms with E-state index in [9.17, 15) is 4.79 Å². The van der Waals surface area contributed by atoms with Crippen LogP contribution in [0.25, 0.3) is 0 Å². The number of carbonyl (C=O) groups is 1. The summed E-state index contributed by atoms with van der Waals surface area (Å²) >= 11 is 0. The Morgan fingerprint density at radius 3 is 3.31 bits per heavy atom. The molecule has 2 rings (SSSR count). The van der Waals surface area contributed by atoms with E-state index in [4.69, 9.17) is 4.74 Å². The lowest BCUT2D eigenvalue weighted by Crippen LogP contribution is -2.19. The van der Waals surface area contributed by atoms with Crippen LogP contribution in [0.5, 0.6) is 0 Å². The predicted molar refractivity (Wildman–Crippen MR) is 41.0 cm³/mol. The summed E-state index contributed by atoms with van der Waals surface area (Å²) in [6.07, 6.45) is 0. The van der Waals surface area contributed by atoms with Crippen LogP contribution in [0.3, 0.4) is 0 Å². The third-order valence-electron chi connectivity index (χ3n) is 1.90. The molecule has 1 aliphatic heterocycles. The molecule has 70 valence electrons. The van der Waals surface area contributed by atoms with Gasteiger partial charge in [0, 0.05) is 0 Å². The van der Waals surface area contributed by atoms with E-state index in [-0.39, 0.29) is 5.69 Å². The van der Waals surface area contributed by atoms with E-state index in [0.29, 0.717) is 25.5 Å². The fourth-order valence-corrected chi connectivity index (χ4v) is 1.23. The molecule has 0 fully saturated rings. The number of carbonyl (C=O) groups excluding carboxylic acids is 1. The average Bonchev–Trinajstić information content (AvgIpc) is 2.60. The number of fused-ring (bicyclic) bond motifs is 1. The van der Waals surface area contributed by atoms with Crippen molar-refractivity contribution < 1.29 is 14.3 Å². The highest BCUT2D eigenvalue weighted by atomic mass is 16.5. The Bertz CT molecular complexity index is 334. The third-order valence-corrected chi connectivity index (χ3v) is 1.90. The number of ether oxygens (including phenoxy) is 2. The molecule has 0 bridgehead atoms. The Labute approximate surface area is 74.4 Å². The van der Waals surface area contributed by atoms with Crippen LogP contribution in [0.2, 0.25) is 0 Å². The number of methoxy groups -OCH3 is 1. The number of esters is 1. The van der Waals surface area contributed by atoms with Crippen molar-refractivity contribution in [2.45, 2.75) is 13.2 Å². The molecule has 0 amide bonds. The van der Waals surface area contributed by atoms with Gasteiger partial charge in [-0.2, -0.15) is 0 Å². The molecule has 2 heterocycles. The largest absolute Gasteiger partial charge is 0.464 e. The second-order valence-corrected chi connectivity index (χ2v) is 2.65. The van der Waals surface area contributed by atoms with E-state index >= 15 is 0 Å². The van der Waals surface area contributed by atoms with Crippen molar-refractivity contribution in [3.05, 3.63) is 11.4 Å². The van der Waals surface area contributed by atoms with Crippen molar-refractivity contribution in [1.29, 1.82) is 0 Å². The number of hydrogen-bond acceptors (Lipinski definition) is 5. The topological polar surface area (TPSA) is 66.2 Å². The van der Waals surface area contributed by atoms with Crippen molar-refractivity contribution in [2.75, 3.05) is 13.7 Å². The molecule has 0 aliphatic carbocycles. The van der Waals surface area contributed by atoms with E-state index < -0.39 is 5.97 Å². The molecule has 0 aromatic carbocycles. The molecule has 13 heavy (non-hydrogen) atoms. The van der Waals surface area contributed by atoms with Crippen LogP contribution in [-0.4, -0.2) is 34.7 Å². The summed E-state index contributed by atoms with van der Waals surface area (Å²) in [6, 6.07) is 0. The van der Waals surface area contributed by atoms with Crippen LogP contribution in [0.1, 0.15) is 16.2 Å². The van der Waals surface area contributed by atoms with Gasteiger partial charge in [-0.1, -0.05) is 5.21 Å². The predicted octanol–water partition coefficient (Wildman–Crippen LogP) is -0.405. The number of hydrogen-bond donors (Lipinski definition) is 0. The van der Waals surface area contributed by atoms with Gasteiger partial charge in [0.2, 0.25) is 0 Å². The standard InChI is InChI=1S/C7H9N3O3/c1-12-7(11)6-5-4-13-3-2-10(5)9-8-6/h2-4H2,1H3. The molecule has 0 N–H and O–H groups in total. The fraction of sp³-hybridized carbons (Fsp3) is 0.571. The Balaban J connectivity index is 2.36. The minimum Gasteiger partial charge on any atom is -0.464 e. The quantitative estimate of drug-likeness (QED) is 0.554. The van der Waals surface area contributed by atoms with Gasteiger partial charge in [-0.15, -0.1) is 5.10 Å². The van der Waals surface area contributed by atoms with Gasteiger partial charge in [-0.3, -0.25) is 0 Å². The molecule has 0 atom stereocenters.